The molecule has 1 aliphatic rings. The smallest absolute Gasteiger partial charge is 0.249 e. The molecule has 1 amide bonds. The quantitative estimate of drug-likeness (QED) is 0.554. The van der Waals surface area contributed by atoms with E-state index in [-0.39, 0.29) is 30.4 Å². The summed E-state index contributed by atoms with van der Waals surface area (Å²) in [6.07, 6.45) is 0.823. The summed E-state index contributed by atoms with van der Waals surface area (Å²) in [6, 6.07) is -0.149. The fourth-order valence-electron chi connectivity index (χ4n) is 1.91. The molecule has 0 saturated carbocycles. The zero-order chi connectivity index (χ0) is 14.5. The van der Waals surface area contributed by atoms with Crippen molar-refractivity contribution in [3.63, 3.8) is 0 Å². The molecule has 0 unspecified atom stereocenters. The molecule has 112 valence electrons. The van der Waals surface area contributed by atoms with Gasteiger partial charge in [0.25, 0.3) is 0 Å². The van der Waals surface area contributed by atoms with Gasteiger partial charge >= 0.3 is 0 Å². The first-order valence-corrected chi connectivity index (χ1v) is 8.12. The summed E-state index contributed by atoms with van der Waals surface area (Å²) in [7, 11) is -3.34. The van der Waals surface area contributed by atoms with Gasteiger partial charge in [-0.3, -0.25) is 4.79 Å². The summed E-state index contributed by atoms with van der Waals surface area (Å²) in [5.74, 6) is -0.403. The van der Waals surface area contributed by atoms with Crippen molar-refractivity contribution in [3.05, 3.63) is 0 Å². The predicted molar refractivity (Wildman–Crippen MR) is 72.0 cm³/mol. The van der Waals surface area contributed by atoms with Gasteiger partial charge in [0.05, 0.1) is 11.9 Å². The molecular formula is C11H23N3O4S. The van der Waals surface area contributed by atoms with Crippen molar-refractivity contribution < 1.29 is 17.9 Å². The number of nitrogens with one attached hydrogen (secondary N) is 2. The Morgan fingerprint density at radius 1 is 1.42 bits per heavy atom. The fourth-order valence-corrected chi connectivity index (χ4v) is 3.12. The maximum absolute atomic E-state index is 11.7. The molecule has 0 aliphatic carbocycles. The third-order valence-electron chi connectivity index (χ3n) is 2.75. The minimum Gasteiger partial charge on any atom is -0.364 e. The molecule has 0 aromatic heterocycles. The highest BCUT2D eigenvalue weighted by Crippen LogP contribution is 2.18. The zero-order valence-electron chi connectivity index (χ0n) is 11.4. The van der Waals surface area contributed by atoms with E-state index in [1.165, 1.54) is 0 Å². The zero-order valence-corrected chi connectivity index (χ0v) is 12.2. The maximum Gasteiger partial charge on any atom is 0.249 e. The molecule has 2 atom stereocenters. The maximum atomic E-state index is 11.7. The van der Waals surface area contributed by atoms with Crippen LogP contribution in [0.2, 0.25) is 0 Å². The van der Waals surface area contributed by atoms with Crippen molar-refractivity contribution in [2.45, 2.75) is 44.9 Å². The third kappa shape index (κ3) is 5.85. The largest absolute Gasteiger partial charge is 0.364 e. The Hall–Kier alpha value is -0.700. The van der Waals surface area contributed by atoms with Crippen molar-refractivity contribution in [3.8, 4) is 0 Å². The topological polar surface area (TPSA) is 111 Å². The van der Waals surface area contributed by atoms with Gasteiger partial charge in [-0.2, -0.15) is 0 Å². The number of nitrogens with two attached hydrogens (primary N) is 1. The van der Waals surface area contributed by atoms with Crippen LogP contribution >= 0.6 is 0 Å². The summed E-state index contributed by atoms with van der Waals surface area (Å²) >= 11 is 0. The minimum absolute atomic E-state index is 0.0675. The molecular weight excluding hydrogens is 270 g/mol. The Balaban J connectivity index is 2.28. The summed E-state index contributed by atoms with van der Waals surface area (Å²) in [5, 5.41) is 2.57. The van der Waals surface area contributed by atoms with Crippen molar-refractivity contribution in [1.82, 2.24) is 10.0 Å². The molecule has 0 radical (unpaired) electrons. The van der Waals surface area contributed by atoms with E-state index in [1.807, 2.05) is 0 Å². The van der Waals surface area contributed by atoms with Crippen molar-refractivity contribution >= 4 is 15.9 Å². The van der Waals surface area contributed by atoms with E-state index in [2.05, 4.69) is 10.0 Å². The molecule has 8 heteroatoms. The molecule has 0 aromatic rings. The van der Waals surface area contributed by atoms with Crippen LogP contribution in [-0.2, 0) is 19.6 Å². The average molecular weight is 293 g/mol. The third-order valence-corrected chi connectivity index (χ3v) is 4.32. The molecule has 4 N–H and O–H groups in total. The normalized spacial score (nSPS) is 23.8. The highest BCUT2D eigenvalue weighted by Gasteiger charge is 2.29. The van der Waals surface area contributed by atoms with Gasteiger partial charge < -0.3 is 15.8 Å². The number of carbonyl (C=O) groups is 1. The summed E-state index contributed by atoms with van der Waals surface area (Å²) < 4.78 is 30.9. The van der Waals surface area contributed by atoms with Gasteiger partial charge in [-0.25, -0.2) is 13.1 Å². The second-order valence-corrected chi connectivity index (χ2v) is 6.82. The number of sulfonamides is 1. The van der Waals surface area contributed by atoms with Gasteiger partial charge in [0.2, 0.25) is 15.9 Å². The van der Waals surface area contributed by atoms with Crippen LogP contribution in [0.15, 0.2) is 0 Å². The molecule has 1 saturated heterocycles. The fraction of sp³-hybridized carbons (Fsp3) is 0.909. The van der Waals surface area contributed by atoms with Gasteiger partial charge in [0, 0.05) is 19.1 Å². The number of rotatable bonds is 7. The molecule has 0 spiro atoms. The number of carbonyl (C=O) groups excluding carboxylic acids is 1. The van der Waals surface area contributed by atoms with Crippen LogP contribution in [-0.4, -0.2) is 51.4 Å². The number of amides is 1. The second kappa shape index (κ2) is 7.18. The monoisotopic (exact) mass is 293 g/mol. The molecule has 1 rings (SSSR count). The van der Waals surface area contributed by atoms with Crippen LogP contribution < -0.4 is 15.8 Å². The molecule has 19 heavy (non-hydrogen) atoms. The van der Waals surface area contributed by atoms with E-state index in [0.29, 0.717) is 13.0 Å². The Morgan fingerprint density at radius 2 is 2.11 bits per heavy atom. The van der Waals surface area contributed by atoms with E-state index in [4.69, 9.17) is 10.5 Å². The molecule has 1 heterocycles. The number of hydrogen-bond donors (Lipinski definition) is 3. The first-order valence-electron chi connectivity index (χ1n) is 6.47. The summed E-state index contributed by atoms with van der Waals surface area (Å²) in [4.78, 5) is 11.7. The van der Waals surface area contributed by atoms with Crippen LogP contribution in [0.4, 0.5) is 0 Å². The van der Waals surface area contributed by atoms with Gasteiger partial charge in [0.1, 0.15) is 6.10 Å². The Bertz CT molecular complexity index is 397. The summed E-state index contributed by atoms with van der Waals surface area (Å²) in [5.41, 5.74) is 5.46. The van der Waals surface area contributed by atoms with Gasteiger partial charge in [0.15, 0.2) is 0 Å². The van der Waals surface area contributed by atoms with Crippen LogP contribution in [0.1, 0.15) is 26.7 Å². The van der Waals surface area contributed by atoms with Crippen LogP contribution in [0, 0.1) is 0 Å². The number of hydrogen-bond acceptors (Lipinski definition) is 5. The highest BCUT2D eigenvalue weighted by molar-refractivity contribution is 7.89. The standard InChI is InChI=1S/C11H23N3O4S/c1-8(2)14-19(16,17)6-5-13-11(15)10-4-3-9(7-12)18-10/h8-10,14H,3-7,12H2,1-2H3,(H,13,15)/t9-,10+/m1/s1. The lowest BCUT2D eigenvalue weighted by Gasteiger charge is -2.13. The van der Waals surface area contributed by atoms with Crippen molar-refractivity contribution in [2.75, 3.05) is 18.8 Å². The second-order valence-electron chi connectivity index (χ2n) is 4.94. The van der Waals surface area contributed by atoms with Crippen molar-refractivity contribution in [2.24, 2.45) is 5.73 Å². The van der Waals surface area contributed by atoms with Gasteiger partial charge in [-0.15, -0.1) is 0 Å². The summed E-state index contributed by atoms with van der Waals surface area (Å²) in [6.45, 7) is 3.97. The Morgan fingerprint density at radius 3 is 2.63 bits per heavy atom. The van der Waals surface area contributed by atoms with Crippen molar-refractivity contribution in [1.29, 1.82) is 0 Å². The lowest BCUT2D eigenvalue weighted by atomic mass is 10.2. The van der Waals surface area contributed by atoms with Crippen LogP contribution in [0.3, 0.4) is 0 Å². The van der Waals surface area contributed by atoms with Gasteiger partial charge in [-0.1, -0.05) is 0 Å². The molecule has 7 nitrogen and oxygen atoms in total. The first-order chi connectivity index (χ1) is 8.84. The minimum atomic E-state index is -3.34. The SMILES string of the molecule is CC(C)NS(=O)(=O)CCNC(=O)[C@@H]1CC[C@H](CN)O1. The van der Waals surface area contributed by atoms with Crippen LogP contribution in [0.25, 0.3) is 0 Å². The highest BCUT2D eigenvalue weighted by atomic mass is 32.2. The first kappa shape index (κ1) is 16.4. The van der Waals surface area contributed by atoms with Gasteiger partial charge in [-0.05, 0) is 26.7 Å². The van der Waals surface area contributed by atoms with E-state index < -0.39 is 16.1 Å². The number of ether oxygens (including phenoxy) is 1. The molecule has 1 aliphatic heterocycles. The molecule has 1 fully saturated rings. The lowest BCUT2D eigenvalue weighted by Crippen LogP contribution is -2.40. The van der Waals surface area contributed by atoms with E-state index in [9.17, 15) is 13.2 Å². The lowest BCUT2D eigenvalue weighted by molar-refractivity contribution is -0.131. The van der Waals surface area contributed by atoms with Crippen LogP contribution in [0.5, 0.6) is 0 Å². The Labute approximate surface area is 114 Å². The van der Waals surface area contributed by atoms with E-state index in [1.54, 1.807) is 13.8 Å². The van der Waals surface area contributed by atoms with E-state index >= 15 is 0 Å². The predicted octanol–water partition coefficient (Wildman–Crippen LogP) is -1.06. The Kier molecular flexibility index (Phi) is 6.18. The van der Waals surface area contributed by atoms with E-state index in [0.717, 1.165) is 6.42 Å². The average Bonchev–Trinajstić information content (AvgIpc) is 2.75. The molecule has 0 bridgehead atoms. The molecule has 0 aromatic carbocycles.